The van der Waals surface area contributed by atoms with Crippen LogP contribution >= 0.6 is 23.2 Å². The zero-order chi connectivity index (χ0) is 16.6. The molecule has 0 radical (unpaired) electrons. The number of hydrogen-bond donors (Lipinski definition) is 1. The molecule has 23 heavy (non-hydrogen) atoms. The number of carboxylic acids is 1. The van der Waals surface area contributed by atoms with Crippen molar-refractivity contribution in [2.24, 2.45) is 0 Å². The van der Waals surface area contributed by atoms with Gasteiger partial charge in [-0.25, -0.2) is 9.78 Å². The summed E-state index contributed by atoms with van der Waals surface area (Å²) in [4.78, 5) is 27.6. The number of hydrogen-bond acceptors (Lipinski definition) is 3. The molecule has 7 heteroatoms. The van der Waals surface area contributed by atoms with E-state index in [0.29, 0.717) is 20.9 Å². The summed E-state index contributed by atoms with van der Waals surface area (Å²) >= 11 is 12.0. The summed E-state index contributed by atoms with van der Waals surface area (Å²) in [7, 11) is 0. The minimum absolute atomic E-state index is 0.0860. The molecule has 0 fully saturated rings. The van der Waals surface area contributed by atoms with E-state index in [1.807, 2.05) is 0 Å². The van der Waals surface area contributed by atoms with Gasteiger partial charge in [-0.15, -0.1) is 0 Å². The zero-order valence-corrected chi connectivity index (χ0v) is 13.2. The molecular weight excluding hydrogens is 339 g/mol. The van der Waals surface area contributed by atoms with Crippen LogP contribution in [0, 0.1) is 0 Å². The average Bonchev–Trinajstić information content (AvgIpc) is 2.52. The van der Waals surface area contributed by atoms with Crippen LogP contribution in [0.4, 0.5) is 0 Å². The highest BCUT2D eigenvalue weighted by Gasteiger charge is 2.10. The highest BCUT2D eigenvalue weighted by Crippen LogP contribution is 2.21. The fourth-order valence-electron chi connectivity index (χ4n) is 2.24. The molecule has 0 bridgehead atoms. The third kappa shape index (κ3) is 3.06. The molecule has 0 spiro atoms. The van der Waals surface area contributed by atoms with E-state index in [1.165, 1.54) is 29.1 Å². The normalized spacial score (nSPS) is 10.9. The van der Waals surface area contributed by atoms with Crippen LogP contribution in [0.3, 0.4) is 0 Å². The highest BCUT2D eigenvalue weighted by molar-refractivity contribution is 6.35. The monoisotopic (exact) mass is 348 g/mol. The van der Waals surface area contributed by atoms with Crippen molar-refractivity contribution >= 4 is 40.1 Å². The molecule has 0 amide bonds. The van der Waals surface area contributed by atoms with Crippen LogP contribution in [0.1, 0.15) is 15.9 Å². The Kier molecular flexibility index (Phi) is 4.07. The predicted molar refractivity (Wildman–Crippen MR) is 88.5 cm³/mol. The van der Waals surface area contributed by atoms with Gasteiger partial charge in [0.2, 0.25) is 0 Å². The van der Waals surface area contributed by atoms with Crippen molar-refractivity contribution in [3.63, 3.8) is 0 Å². The Labute approximate surface area is 140 Å². The minimum atomic E-state index is -1.06. The minimum Gasteiger partial charge on any atom is -0.478 e. The molecule has 0 saturated carbocycles. The van der Waals surface area contributed by atoms with E-state index in [4.69, 9.17) is 28.3 Å². The third-order valence-corrected chi connectivity index (χ3v) is 4.01. The van der Waals surface area contributed by atoms with Crippen LogP contribution in [-0.4, -0.2) is 20.6 Å². The Morgan fingerprint density at radius 2 is 1.96 bits per heavy atom. The first-order valence-electron chi connectivity index (χ1n) is 6.62. The first kappa shape index (κ1) is 15.5. The van der Waals surface area contributed by atoms with Crippen molar-refractivity contribution < 1.29 is 9.90 Å². The summed E-state index contributed by atoms with van der Waals surface area (Å²) < 4.78 is 1.41. The van der Waals surface area contributed by atoms with E-state index in [9.17, 15) is 9.59 Å². The molecule has 0 atom stereocenters. The maximum atomic E-state index is 12.5. The third-order valence-electron chi connectivity index (χ3n) is 3.43. The molecule has 3 rings (SSSR count). The lowest BCUT2D eigenvalue weighted by molar-refractivity contribution is 0.0697. The molecule has 116 valence electrons. The number of fused-ring (bicyclic) bond motifs is 1. The van der Waals surface area contributed by atoms with Gasteiger partial charge in [-0.05, 0) is 35.9 Å². The van der Waals surface area contributed by atoms with Crippen molar-refractivity contribution in [1.82, 2.24) is 9.55 Å². The van der Waals surface area contributed by atoms with Crippen molar-refractivity contribution in [3.8, 4) is 0 Å². The zero-order valence-electron chi connectivity index (χ0n) is 11.7. The molecule has 0 saturated heterocycles. The van der Waals surface area contributed by atoms with E-state index in [-0.39, 0.29) is 17.7 Å². The van der Waals surface area contributed by atoms with Gasteiger partial charge in [0.15, 0.2) is 0 Å². The van der Waals surface area contributed by atoms with E-state index in [2.05, 4.69) is 4.98 Å². The Morgan fingerprint density at radius 3 is 2.65 bits per heavy atom. The molecule has 2 aromatic carbocycles. The topological polar surface area (TPSA) is 72.2 Å². The number of benzene rings is 2. The number of rotatable bonds is 3. The number of carboxylic acid groups (broad SMARTS) is 1. The fraction of sp³-hybridized carbons (Fsp3) is 0.0625. The summed E-state index contributed by atoms with van der Waals surface area (Å²) in [6, 6.07) is 9.27. The Bertz CT molecular complexity index is 983. The van der Waals surface area contributed by atoms with Gasteiger partial charge in [-0.3, -0.25) is 9.36 Å². The smallest absolute Gasteiger partial charge is 0.335 e. The molecule has 1 aromatic heterocycles. The number of aromatic carboxylic acids is 1. The molecule has 3 aromatic rings. The van der Waals surface area contributed by atoms with Crippen molar-refractivity contribution in [2.45, 2.75) is 6.54 Å². The molecule has 1 N–H and O–H groups in total. The van der Waals surface area contributed by atoms with Crippen LogP contribution in [-0.2, 0) is 6.54 Å². The van der Waals surface area contributed by atoms with Gasteiger partial charge < -0.3 is 5.11 Å². The van der Waals surface area contributed by atoms with E-state index >= 15 is 0 Å². The van der Waals surface area contributed by atoms with Crippen LogP contribution in [0.5, 0.6) is 0 Å². The first-order valence-corrected chi connectivity index (χ1v) is 7.38. The highest BCUT2D eigenvalue weighted by atomic mass is 35.5. The van der Waals surface area contributed by atoms with Gasteiger partial charge in [0.1, 0.15) is 0 Å². The van der Waals surface area contributed by atoms with Gasteiger partial charge in [-0.1, -0.05) is 29.3 Å². The maximum Gasteiger partial charge on any atom is 0.335 e. The SMILES string of the molecule is O=C(O)c1ccc2c(=O)n(Cc3ccc(Cl)cc3Cl)cnc2c1. The van der Waals surface area contributed by atoms with E-state index < -0.39 is 5.97 Å². The quantitative estimate of drug-likeness (QED) is 0.786. The fourth-order valence-corrected chi connectivity index (χ4v) is 2.71. The summed E-state index contributed by atoms with van der Waals surface area (Å²) in [5.74, 6) is -1.06. The second-order valence-electron chi connectivity index (χ2n) is 4.95. The standard InChI is InChI=1S/C16H10Cl2N2O3/c17-11-3-1-10(13(18)6-11)7-20-8-19-14-5-9(16(22)23)2-4-12(14)15(20)21/h1-6,8H,7H2,(H,22,23). The van der Waals surface area contributed by atoms with Gasteiger partial charge in [0.25, 0.3) is 5.56 Å². The van der Waals surface area contributed by atoms with Crippen LogP contribution < -0.4 is 5.56 Å². The number of halogens is 2. The predicted octanol–water partition coefficient (Wildman–Crippen LogP) is 3.45. The molecule has 1 heterocycles. The summed E-state index contributed by atoms with van der Waals surface area (Å²) in [5, 5.41) is 10.3. The molecule has 0 unspecified atom stereocenters. The second kappa shape index (κ2) is 6.02. The van der Waals surface area contributed by atoms with Crippen molar-refractivity contribution in [3.05, 3.63) is 74.3 Å². The van der Waals surface area contributed by atoms with Crippen molar-refractivity contribution in [1.29, 1.82) is 0 Å². The lowest BCUT2D eigenvalue weighted by Crippen LogP contribution is -2.21. The van der Waals surface area contributed by atoms with Crippen molar-refractivity contribution in [2.75, 3.05) is 0 Å². The van der Waals surface area contributed by atoms with E-state index in [1.54, 1.807) is 18.2 Å². The van der Waals surface area contributed by atoms with Gasteiger partial charge in [0.05, 0.1) is 29.3 Å². The summed E-state index contributed by atoms with van der Waals surface area (Å²) in [6.45, 7) is 0.248. The molecule has 0 aliphatic carbocycles. The van der Waals surface area contributed by atoms with Gasteiger partial charge >= 0.3 is 5.97 Å². The molecule has 5 nitrogen and oxygen atoms in total. The van der Waals surface area contributed by atoms with Crippen LogP contribution in [0.25, 0.3) is 10.9 Å². The number of carbonyl (C=O) groups is 1. The van der Waals surface area contributed by atoms with E-state index in [0.717, 1.165) is 5.56 Å². The second-order valence-corrected chi connectivity index (χ2v) is 5.79. The molecular formula is C16H10Cl2N2O3. The van der Waals surface area contributed by atoms with Gasteiger partial charge in [0, 0.05) is 10.0 Å². The number of nitrogens with zero attached hydrogens (tertiary/aromatic N) is 2. The number of aromatic nitrogens is 2. The Hall–Kier alpha value is -2.37. The molecule has 0 aliphatic heterocycles. The summed E-state index contributed by atoms with van der Waals surface area (Å²) in [5.41, 5.74) is 0.899. The van der Waals surface area contributed by atoms with Crippen LogP contribution in [0.2, 0.25) is 10.0 Å². The first-order chi connectivity index (χ1) is 11.0. The molecule has 0 aliphatic rings. The Balaban J connectivity index is 2.05. The summed E-state index contributed by atoms with van der Waals surface area (Å²) in [6.07, 6.45) is 1.38. The maximum absolute atomic E-state index is 12.5. The lowest BCUT2D eigenvalue weighted by atomic mass is 10.1. The Morgan fingerprint density at radius 1 is 1.17 bits per heavy atom. The van der Waals surface area contributed by atoms with Crippen LogP contribution in [0.15, 0.2) is 47.5 Å². The van der Waals surface area contributed by atoms with Gasteiger partial charge in [-0.2, -0.15) is 0 Å². The lowest BCUT2D eigenvalue weighted by Gasteiger charge is -2.09. The largest absolute Gasteiger partial charge is 0.478 e. The average molecular weight is 349 g/mol.